The second-order valence-electron chi connectivity index (χ2n) is 6.75. The number of hydrogen-bond acceptors (Lipinski definition) is 5. The molecule has 3 heterocycles. The third-order valence-electron chi connectivity index (χ3n) is 4.94. The second kappa shape index (κ2) is 8.60. The van der Waals surface area contributed by atoms with E-state index in [1.54, 1.807) is 29.8 Å². The number of carbonyl (C=O) groups is 1. The number of aromatic amines is 1. The molecule has 7 nitrogen and oxygen atoms in total. The minimum absolute atomic E-state index is 0.0714. The molecule has 1 aromatic carbocycles. The molecule has 1 N–H and O–H groups in total. The van der Waals surface area contributed by atoms with Crippen LogP contribution in [0, 0.1) is 5.82 Å². The van der Waals surface area contributed by atoms with Crippen LogP contribution in [0.5, 0.6) is 0 Å². The molecule has 1 aliphatic heterocycles. The third kappa shape index (κ3) is 4.24. The van der Waals surface area contributed by atoms with Crippen LogP contribution in [-0.2, 0) is 11.8 Å². The molecule has 1 aliphatic rings. The van der Waals surface area contributed by atoms with Gasteiger partial charge in [-0.2, -0.15) is 0 Å². The molecule has 4 rings (SSSR count). The van der Waals surface area contributed by atoms with Crippen LogP contribution in [0.4, 0.5) is 10.2 Å². The Morgan fingerprint density at radius 3 is 2.59 bits per heavy atom. The first-order valence-electron chi connectivity index (χ1n) is 9.40. The normalized spacial score (nSPS) is 14.3. The smallest absolute Gasteiger partial charge is 0.274 e. The fourth-order valence-corrected chi connectivity index (χ4v) is 4.13. The van der Waals surface area contributed by atoms with E-state index in [2.05, 4.69) is 20.1 Å². The number of aromatic nitrogens is 4. The predicted molar refractivity (Wildman–Crippen MR) is 109 cm³/mol. The molecule has 0 radical (unpaired) electrons. The highest BCUT2D eigenvalue weighted by molar-refractivity contribution is 7.99. The van der Waals surface area contributed by atoms with Crippen molar-refractivity contribution in [2.75, 3.05) is 36.8 Å². The summed E-state index contributed by atoms with van der Waals surface area (Å²) in [6.07, 6.45) is 1.90. The molecule has 150 valence electrons. The van der Waals surface area contributed by atoms with Crippen molar-refractivity contribution >= 4 is 23.5 Å². The quantitative estimate of drug-likeness (QED) is 0.598. The Morgan fingerprint density at radius 2 is 1.86 bits per heavy atom. The Morgan fingerprint density at radius 1 is 1.10 bits per heavy atom. The molecule has 0 aliphatic carbocycles. The number of piperazine rings is 1. The highest BCUT2D eigenvalue weighted by Crippen LogP contribution is 2.25. The molecule has 29 heavy (non-hydrogen) atoms. The van der Waals surface area contributed by atoms with Crippen LogP contribution in [-0.4, -0.2) is 57.5 Å². The fraction of sp³-hybridized carbons (Fsp3) is 0.300. The zero-order valence-corrected chi connectivity index (χ0v) is 16.9. The second-order valence-corrected chi connectivity index (χ2v) is 7.69. The van der Waals surface area contributed by atoms with Gasteiger partial charge in [0.2, 0.25) is 5.91 Å². The highest BCUT2D eigenvalue weighted by Gasteiger charge is 2.26. The maximum atomic E-state index is 14.0. The molecule has 9 heteroatoms. The van der Waals surface area contributed by atoms with E-state index in [0.717, 1.165) is 18.9 Å². The van der Waals surface area contributed by atoms with Crippen molar-refractivity contribution in [2.45, 2.75) is 5.16 Å². The van der Waals surface area contributed by atoms with Gasteiger partial charge in [0.15, 0.2) is 11.0 Å². The lowest BCUT2D eigenvalue weighted by Gasteiger charge is -2.30. The van der Waals surface area contributed by atoms with Crippen LogP contribution in [0.25, 0.3) is 11.4 Å². The molecule has 2 aromatic heterocycles. The van der Waals surface area contributed by atoms with Gasteiger partial charge >= 0.3 is 0 Å². The summed E-state index contributed by atoms with van der Waals surface area (Å²) in [5, 5.41) is 8.82. The van der Waals surface area contributed by atoms with E-state index in [1.165, 1.54) is 17.8 Å². The standard InChI is InChI=1S/C20H21FN6OS/c1-25-19(15-6-2-3-7-16(15)21)23-24-20(25)29-14-18(28)27-12-10-26(11-13-27)17-8-4-5-9-22-17/h2-9H,10-14H2,1H3/p+1. The molecule has 1 amide bonds. The fourth-order valence-electron chi connectivity index (χ4n) is 3.31. The van der Waals surface area contributed by atoms with Crippen LogP contribution >= 0.6 is 11.8 Å². The van der Waals surface area contributed by atoms with Crippen LogP contribution in [0.2, 0.25) is 0 Å². The first-order valence-corrected chi connectivity index (χ1v) is 10.4. The maximum absolute atomic E-state index is 14.0. The summed E-state index contributed by atoms with van der Waals surface area (Å²) in [6.45, 7) is 2.94. The summed E-state index contributed by atoms with van der Waals surface area (Å²) in [6, 6.07) is 12.4. The van der Waals surface area contributed by atoms with E-state index in [9.17, 15) is 9.18 Å². The summed E-state index contributed by atoms with van der Waals surface area (Å²) in [7, 11) is 1.78. The number of anilines is 1. The topological polar surface area (TPSA) is 68.4 Å². The van der Waals surface area contributed by atoms with E-state index in [4.69, 9.17) is 0 Å². The number of hydrogen-bond donors (Lipinski definition) is 0. The van der Waals surface area contributed by atoms with Crippen molar-refractivity contribution in [3.8, 4) is 11.4 Å². The molecular weight excluding hydrogens is 391 g/mol. The van der Waals surface area contributed by atoms with Gasteiger partial charge in [-0.05, 0) is 18.2 Å². The number of H-pyrrole nitrogens is 1. The van der Waals surface area contributed by atoms with Crippen LogP contribution < -0.4 is 9.88 Å². The Labute approximate surface area is 172 Å². The van der Waals surface area contributed by atoms with Gasteiger partial charge in [-0.3, -0.25) is 9.69 Å². The van der Waals surface area contributed by atoms with Crippen molar-refractivity contribution in [3.63, 3.8) is 0 Å². The molecule has 1 fully saturated rings. The maximum Gasteiger partial charge on any atom is 0.274 e. The summed E-state index contributed by atoms with van der Waals surface area (Å²) in [4.78, 5) is 20.0. The van der Waals surface area contributed by atoms with Gasteiger partial charge in [-0.25, -0.2) is 9.37 Å². The highest BCUT2D eigenvalue weighted by atomic mass is 32.2. The summed E-state index contributed by atoms with van der Waals surface area (Å²) in [5.41, 5.74) is 0.398. The van der Waals surface area contributed by atoms with Gasteiger partial charge < -0.3 is 9.47 Å². The lowest BCUT2D eigenvalue weighted by Crippen LogP contribution is -2.50. The van der Waals surface area contributed by atoms with E-state index in [0.29, 0.717) is 29.6 Å². The zero-order chi connectivity index (χ0) is 20.2. The predicted octanol–water partition coefficient (Wildman–Crippen LogP) is 1.88. The van der Waals surface area contributed by atoms with Gasteiger partial charge in [0, 0.05) is 13.1 Å². The number of halogens is 1. The van der Waals surface area contributed by atoms with Crippen LogP contribution in [0.1, 0.15) is 0 Å². The molecule has 0 unspecified atom stereocenters. The van der Waals surface area contributed by atoms with E-state index < -0.39 is 0 Å². The summed E-state index contributed by atoms with van der Waals surface area (Å²) >= 11 is 1.32. The van der Waals surface area contributed by atoms with Crippen molar-refractivity contribution in [1.29, 1.82) is 0 Å². The van der Waals surface area contributed by atoms with E-state index in [1.807, 2.05) is 29.3 Å². The Balaban J connectivity index is 1.33. The average Bonchev–Trinajstić information content (AvgIpc) is 3.13. The van der Waals surface area contributed by atoms with E-state index >= 15 is 0 Å². The van der Waals surface area contributed by atoms with Crippen molar-refractivity contribution < 1.29 is 14.2 Å². The first kappa shape index (κ1) is 19.4. The van der Waals surface area contributed by atoms with Crippen LogP contribution in [0.3, 0.4) is 0 Å². The number of thioether (sulfide) groups is 1. The molecule has 0 spiro atoms. The van der Waals surface area contributed by atoms with Crippen LogP contribution in [0.15, 0.2) is 53.8 Å². The number of carbonyl (C=O) groups excluding carboxylic acids is 1. The molecule has 1 saturated heterocycles. The van der Waals surface area contributed by atoms with Gasteiger partial charge in [0.1, 0.15) is 18.9 Å². The van der Waals surface area contributed by atoms with Gasteiger partial charge in [0.05, 0.1) is 30.6 Å². The Kier molecular flexibility index (Phi) is 5.75. The largest absolute Gasteiger partial charge is 0.334 e. The third-order valence-corrected chi connectivity index (χ3v) is 5.95. The first-order chi connectivity index (χ1) is 14.1. The van der Waals surface area contributed by atoms with Crippen molar-refractivity contribution in [3.05, 3.63) is 54.5 Å². The monoisotopic (exact) mass is 413 g/mol. The molecule has 3 aromatic rings. The average molecular weight is 414 g/mol. The SMILES string of the molecule is Cn1c(SCC(=O)N2CCN(c3cccc[nH+]3)CC2)nnc1-c1ccccc1F. The number of pyridine rings is 1. The van der Waals surface area contributed by atoms with E-state index in [-0.39, 0.29) is 17.5 Å². The number of amides is 1. The summed E-state index contributed by atoms with van der Waals surface area (Å²) < 4.78 is 15.7. The molecular formula is C20H22FN6OS+. The summed E-state index contributed by atoms with van der Waals surface area (Å²) in [5.74, 6) is 1.52. The lowest BCUT2D eigenvalue weighted by molar-refractivity contribution is -0.364. The Bertz CT molecular complexity index is 988. The Hall–Kier alpha value is -2.94. The van der Waals surface area contributed by atoms with Gasteiger partial charge in [-0.15, -0.1) is 10.2 Å². The van der Waals surface area contributed by atoms with Crippen molar-refractivity contribution in [1.82, 2.24) is 19.7 Å². The lowest BCUT2D eigenvalue weighted by atomic mass is 10.2. The number of nitrogens with zero attached hydrogens (tertiary/aromatic N) is 5. The van der Waals surface area contributed by atoms with Crippen molar-refractivity contribution in [2.24, 2.45) is 7.05 Å². The molecule has 0 bridgehead atoms. The minimum Gasteiger partial charge on any atom is -0.334 e. The minimum atomic E-state index is -0.343. The number of benzene rings is 1. The number of rotatable bonds is 5. The van der Waals surface area contributed by atoms with Gasteiger partial charge in [-0.1, -0.05) is 30.0 Å². The zero-order valence-electron chi connectivity index (χ0n) is 16.1. The van der Waals surface area contributed by atoms with Gasteiger partial charge in [0.25, 0.3) is 5.82 Å². The molecule has 0 atom stereocenters. The number of nitrogens with one attached hydrogen (secondary N) is 1. The molecule has 0 saturated carbocycles.